The summed E-state index contributed by atoms with van der Waals surface area (Å²) < 4.78 is 21.6. The molecule has 1 aliphatic heterocycles. The summed E-state index contributed by atoms with van der Waals surface area (Å²) in [5.74, 6) is -2.46. The van der Waals surface area contributed by atoms with E-state index in [4.69, 9.17) is 18.9 Å². The van der Waals surface area contributed by atoms with Gasteiger partial charge in [0, 0.05) is 12.8 Å². The number of hydrogen-bond donors (Lipinski definition) is 4. The van der Waals surface area contributed by atoms with Gasteiger partial charge in [0.2, 0.25) is 0 Å². The van der Waals surface area contributed by atoms with Gasteiger partial charge in [0.15, 0.2) is 18.5 Å². The first kappa shape index (κ1) is 46.7. The minimum Gasteiger partial charge on any atom is -0.479 e. The van der Waals surface area contributed by atoms with Crippen molar-refractivity contribution >= 4 is 17.9 Å². The lowest BCUT2D eigenvalue weighted by atomic mass is 9.99. The third kappa shape index (κ3) is 23.8. The molecule has 0 spiro atoms. The first-order valence-corrected chi connectivity index (χ1v) is 19.9. The monoisotopic (exact) mass is 726 g/mol. The quantitative estimate of drug-likeness (QED) is 0.0308. The van der Waals surface area contributed by atoms with Gasteiger partial charge in [-0.05, 0) is 38.5 Å². The number of aliphatic carboxylic acids is 1. The average molecular weight is 727 g/mol. The molecule has 1 saturated heterocycles. The van der Waals surface area contributed by atoms with Gasteiger partial charge in [-0.1, -0.05) is 134 Å². The number of carboxylic acids is 1. The van der Waals surface area contributed by atoms with Gasteiger partial charge in [-0.15, -0.1) is 0 Å². The average Bonchev–Trinajstić information content (AvgIpc) is 3.11. The van der Waals surface area contributed by atoms with Gasteiger partial charge in [0.1, 0.15) is 24.9 Å². The van der Waals surface area contributed by atoms with Gasteiger partial charge in [0.25, 0.3) is 0 Å². The van der Waals surface area contributed by atoms with Crippen LogP contribution in [0.3, 0.4) is 0 Å². The van der Waals surface area contributed by atoms with Gasteiger partial charge < -0.3 is 39.4 Å². The van der Waals surface area contributed by atoms with Crippen molar-refractivity contribution in [1.29, 1.82) is 0 Å². The SMILES string of the molecule is CCC/C=C\C/C=C\CCCCCCCC(=O)OCC(COC1OC(C(=O)O)C(O)C(O)C1O)OC(=O)CCCCCCCCCCCCCC. The molecule has 6 atom stereocenters. The first-order valence-electron chi connectivity index (χ1n) is 19.9. The minimum atomic E-state index is -1.86. The second-order valence-electron chi connectivity index (χ2n) is 13.8. The maximum Gasteiger partial charge on any atom is 0.335 e. The molecule has 1 rings (SSSR count). The third-order valence-corrected chi connectivity index (χ3v) is 9.03. The van der Waals surface area contributed by atoms with Crippen molar-refractivity contribution in [1.82, 2.24) is 0 Å². The summed E-state index contributed by atoms with van der Waals surface area (Å²) in [7, 11) is 0. The Hall–Kier alpha value is -2.31. The maximum atomic E-state index is 12.7. The van der Waals surface area contributed by atoms with E-state index < -0.39 is 61.3 Å². The van der Waals surface area contributed by atoms with Gasteiger partial charge in [-0.3, -0.25) is 9.59 Å². The van der Waals surface area contributed by atoms with E-state index in [0.29, 0.717) is 12.8 Å². The Morgan fingerprint density at radius 2 is 1.14 bits per heavy atom. The Balaban J connectivity index is 2.44. The summed E-state index contributed by atoms with van der Waals surface area (Å²) in [5.41, 5.74) is 0. The van der Waals surface area contributed by atoms with Crippen LogP contribution < -0.4 is 0 Å². The van der Waals surface area contributed by atoms with Crippen LogP contribution in [0.5, 0.6) is 0 Å². The van der Waals surface area contributed by atoms with Crippen LogP contribution in [0.2, 0.25) is 0 Å². The van der Waals surface area contributed by atoms with E-state index in [0.717, 1.165) is 64.2 Å². The van der Waals surface area contributed by atoms with Gasteiger partial charge >= 0.3 is 17.9 Å². The normalized spacial score (nSPS) is 21.3. The molecule has 11 nitrogen and oxygen atoms in total. The molecule has 1 fully saturated rings. The lowest BCUT2D eigenvalue weighted by molar-refractivity contribution is -0.298. The highest BCUT2D eigenvalue weighted by atomic mass is 16.7. The number of aliphatic hydroxyl groups excluding tert-OH is 3. The minimum absolute atomic E-state index is 0.183. The third-order valence-electron chi connectivity index (χ3n) is 9.03. The Morgan fingerprint density at radius 1 is 0.608 bits per heavy atom. The van der Waals surface area contributed by atoms with E-state index in [1.165, 1.54) is 57.8 Å². The zero-order valence-corrected chi connectivity index (χ0v) is 31.6. The van der Waals surface area contributed by atoms with Crippen molar-refractivity contribution in [2.45, 2.75) is 198 Å². The number of hydrogen-bond acceptors (Lipinski definition) is 10. The Kier molecular flexibility index (Phi) is 28.6. The van der Waals surface area contributed by atoms with E-state index in [-0.39, 0.29) is 19.4 Å². The first-order chi connectivity index (χ1) is 24.7. The van der Waals surface area contributed by atoms with E-state index in [9.17, 15) is 34.8 Å². The Bertz CT molecular complexity index is 953. The molecule has 1 aliphatic rings. The molecule has 296 valence electrons. The highest BCUT2D eigenvalue weighted by molar-refractivity contribution is 5.73. The molecular formula is C40H70O11. The molecule has 6 unspecified atom stereocenters. The van der Waals surface area contributed by atoms with Crippen LogP contribution in [0, 0.1) is 0 Å². The molecule has 1 heterocycles. The number of ether oxygens (including phenoxy) is 4. The van der Waals surface area contributed by atoms with Gasteiger partial charge in [0.05, 0.1) is 6.61 Å². The molecule has 0 bridgehead atoms. The largest absolute Gasteiger partial charge is 0.479 e. The van der Waals surface area contributed by atoms with Crippen molar-refractivity contribution in [3.8, 4) is 0 Å². The number of esters is 2. The molecular weight excluding hydrogens is 656 g/mol. The Morgan fingerprint density at radius 3 is 1.71 bits per heavy atom. The summed E-state index contributed by atoms with van der Waals surface area (Å²) in [5, 5.41) is 39.6. The van der Waals surface area contributed by atoms with Crippen molar-refractivity contribution < 1.29 is 53.8 Å². The highest BCUT2D eigenvalue weighted by Crippen LogP contribution is 2.23. The van der Waals surface area contributed by atoms with Crippen molar-refractivity contribution in [2.24, 2.45) is 0 Å². The lowest BCUT2D eigenvalue weighted by Gasteiger charge is -2.38. The number of carbonyl (C=O) groups is 3. The number of allylic oxidation sites excluding steroid dienone is 4. The van der Waals surface area contributed by atoms with Crippen LogP contribution in [0.15, 0.2) is 24.3 Å². The molecule has 0 aliphatic carbocycles. The fourth-order valence-electron chi connectivity index (χ4n) is 5.86. The number of rotatable bonds is 32. The number of carbonyl (C=O) groups excluding carboxylic acids is 2. The summed E-state index contributed by atoms with van der Waals surface area (Å²) in [4.78, 5) is 36.6. The molecule has 0 aromatic heterocycles. The fourth-order valence-corrected chi connectivity index (χ4v) is 5.86. The van der Waals surface area contributed by atoms with Crippen molar-refractivity contribution in [2.75, 3.05) is 13.2 Å². The summed E-state index contributed by atoms with van der Waals surface area (Å²) in [6, 6.07) is 0. The molecule has 0 amide bonds. The molecule has 4 N–H and O–H groups in total. The van der Waals surface area contributed by atoms with E-state index >= 15 is 0 Å². The van der Waals surface area contributed by atoms with E-state index in [2.05, 4.69) is 38.2 Å². The number of aliphatic hydroxyl groups is 3. The molecule has 0 aromatic rings. The molecule has 11 heteroatoms. The fraction of sp³-hybridized carbons (Fsp3) is 0.825. The highest BCUT2D eigenvalue weighted by Gasteiger charge is 2.47. The zero-order valence-electron chi connectivity index (χ0n) is 31.6. The second kappa shape index (κ2) is 31.2. The van der Waals surface area contributed by atoms with Crippen LogP contribution in [0.1, 0.15) is 162 Å². The van der Waals surface area contributed by atoms with Crippen molar-refractivity contribution in [3.05, 3.63) is 24.3 Å². The maximum absolute atomic E-state index is 12.7. The van der Waals surface area contributed by atoms with Gasteiger partial charge in [-0.2, -0.15) is 0 Å². The number of carboxylic acid groups (broad SMARTS) is 1. The van der Waals surface area contributed by atoms with Crippen LogP contribution in [0.4, 0.5) is 0 Å². The van der Waals surface area contributed by atoms with Gasteiger partial charge in [-0.25, -0.2) is 4.79 Å². The molecule has 0 saturated carbocycles. The topological polar surface area (TPSA) is 169 Å². The van der Waals surface area contributed by atoms with E-state index in [1.807, 2.05) is 0 Å². The van der Waals surface area contributed by atoms with Crippen LogP contribution in [-0.2, 0) is 33.3 Å². The summed E-state index contributed by atoms with van der Waals surface area (Å²) in [6.07, 6.45) is 22.4. The smallest absolute Gasteiger partial charge is 0.335 e. The Labute approximate surface area is 307 Å². The number of unbranched alkanes of at least 4 members (excludes halogenated alkanes) is 17. The van der Waals surface area contributed by atoms with Crippen molar-refractivity contribution in [3.63, 3.8) is 0 Å². The van der Waals surface area contributed by atoms with Crippen LogP contribution in [-0.4, -0.2) is 88.4 Å². The predicted molar refractivity (Wildman–Crippen MR) is 197 cm³/mol. The predicted octanol–water partition coefficient (Wildman–Crippen LogP) is 7.47. The summed E-state index contributed by atoms with van der Waals surface area (Å²) in [6.45, 7) is 3.71. The van der Waals surface area contributed by atoms with Crippen LogP contribution >= 0.6 is 0 Å². The molecule has 0 aromatic carbocycles. The lowest BCUT2D eigenvalue weighted by Crippen LogP contribution is -2.60. The second-order valence-corrected chi connectivity index (χ2v) is 13.8. The molecule has 51 heavy (non-hydrogen) atoms. The zero-order chi connectivity index (χ0) is 37.5. The summed E-state index contributed by atoms with van der Waals surface area (Å²) >= 11 is 0. The molecule has 0 radical (unpaired) electrons. The van der Waals surface area contributed by atoms with Crippen LogP contribution in [0.25, 0.3) is 0 Å². The standard InChI is InChI=1S/C40H70O11/c1-3-5-7-9-11-13-15-17-19-20-22-24-26-28-33(41)48-30-32(31-49-40-37(45)35(43)36(44)38(51-40)39(46)47)50-34(42)29-27-25-23-21-18-16-14-12-10-8-6-4-2/h7,9,13,15,32,35-38,40,43-45H,3-6,8,10-12,14,16-31H2,1-2H3,(H,46,47)/b9-7-,15-13-. The van der Waals surface area contributed by atoms with E-state index in [1.54, 1.807) is 0 Å².